The molecule has 0 amide bonds. The third-order valence-electron chi connectivity index (χ3n) is 12.9. The summed E-state index contributed by atoms with van der Waals surface area (Å²) in [6.45, 7) is -0.220. The fourth-order valence-electron chi connectivity index (χ4n) is 8.71. The van der Waals surface area contributed by atoms with Crippen molar-refractivity contribution in [1.82, 2.24) is 14.7 Å². The molecule has 0 aromatic heterocycles. The van der Waals surface area contributed by atoms with E-state index in [0.29, 0.717) is 5.56 Å². The van der Waals surface area contributed by atoms with E-state index < -0.39 is 86.7 Å². The van der Waals surface area contributed by atoms with E-state index in [1.807, 2.05) is 48.5 Å². The standard InChI is InChI=1S/C60H71N3O19/c1-3-5-7-40-9-13-43(14-10-40)36-78-47-21-23-52(50(28-47)59(74)75)80-38-49(39-81-53-24-22-48(29-51(53)60(76)77)79-37-44-15-11-41(12-16-44)8-6-4-2)82-46-19-17-42(18-20-46)27-45(63(34-57(70)71)35-58(72)73)30-61(31-54(64)65)25-26-62(32-55(66)67)33-56(68)69/h9-24,28-29,45,49H,3-8,25-27,30-39H2,1-2H3,(H,64,65)(H,66,67)(H,68,69)(H,70,71)(H,72,73)(H,74,75)(H,76,77). The van der Waals surface area contributed by atoms with Crippen molar-refractivity contribution in [2.24, 2.45) is 0 Å². The van der Waals surface area contributed by atoms with Crippen molar-refractivity contribution in [3.63, 3.8) is 0 Å². The van der Waals surface area contributed by atoms with Gasteiger partial charge in [-0.15, -0.1) is 0 Å². The highest BCUT2D eigenvalue weighted by molar-refractivity contribution is 5.92. The van der Waals surface area contributed by atoms with Crippen molar-refractivity contribution in [2.45, 2.75) is 84.2 Å². The fraction of sp³-hybridized carbons (Fsp3) is 0.383. The largest absolute Gasteiger partial charge is 0.489 e. The van der Waals surface area contributed by atoms with Crippen molar-refractivity contribution in [3.05, 3.63) is 148 Å². The van der Waals surface area contributed by atoms with Crippen LogP contribution in [0.25, 0.3) is 0 Å². The minimum Gasteiger partial charge on any atom is -0.489 e. The first-order valence-corrected chi connectivity index (χ1v) is 26.7. The number of unbranched alkanes of at least 4 members (excludes halogenated alkanes) is 2. The van der Waals surface area contributed by atoms with E-state index in [9.17, 15) is 69.3 Å². The number of carboxylic acids is 7. The summed E-state index contributed by atoms with van der Waals surface area (Å²) in [5.41, 5.74) is 4.24. The maximum absolute atomic E-state index is 12.6. The number of benzene rings is 5. The Balaban J connectivity index is 1.39. The molecule has 5 rings (SSSR count). The average molecular weight is 1140 g/mol. The van der Waals surface area contributed by atoms with Crippen LogP contribution in [-0.2, 0) is 56.4 Å². The predicted molar refractivity (Wildman–Crippen MR) is 298 cm³/mol. The number of aryl methyl sites for hydroxylation is 2. The lowest BCUT2D eigenvalue weighted by molar-refractivity contribution is -0.144. The normalized spacial score (nSPS) is 11.6. The third kappa shape index (κ3) is 22.8. The van der Waals surface area contributed by atoms with Crippen LogP contribution in [0.2, 0.25) is 0 Å². The highest BCUT2D eigenvalue weighted by Gasteiger charge is 2.28. The van der Waals surface area contributed by atoms with Crippen LogP contribution in [0.5, 0.6) is 28.7 Å². The molecule has 0 radical (unpaired) electrons. The molecule has 1 atom stereocenters. The molecule has 0 aliphatic rings. The number of carbonyl (C=O) groups is 7. The molecule has 0 fully saturated rings. The number of hydrogen-bond donors (Lipinski definition) is 7. The van der Waals surface area contributed by atoms with Gasteiger partial charge in [0.2, 0.25) is 0 Å². The molecule has 1 unspecified atom stereocenters. The van der Waals surface area contributed by atoms with E-state index in [4.69, 9.17) is 23.7 Å². The van der Waals surface area contributed by atoms with Gasteiger partial charge < -0.3 is 59.4 Å². The minimum atomic E-state index is -1.37. The molecule has 82 heavy (non-hydrogen) atoms. The van der Waals surface area contributed by atoms with Crippen LogP contribution in [0.4, 0.5) is 0 Å². The lowest BCUT2D eigenvalue weighted by Gasteiger charge is -2.34. The molecular formula is C60H71N3O19. The number of rotatable bonds is 40. The van der Waals surface area contributed by atoms with Crippen LogP contribution < -0.4 is 23.7 Å². The van der Waals surface area contributed by atoms with E-state index in [1.165, 1.54) is 52.4 Å². The van der Waals surface area contributed by atoms with Gasteiger partial charge in [-0.25, -0.2) is 9.59 Å². The zero-order valence-electron chi connectivity index (χ0n) is 45.9. The number of hydrogen-bond acceptors (Lipinski definition) is 15. The summed E-state index contributed by atoms with van der Waals surface area (Å²) >= 11 is 0. The number of carboxylic acid groups (broad SMARTS) is 7. The first-order valence-electron chi connectivity index (χ1n) is 26.7. The minimum absolute atomic E-state index is 0.0425. The monoisotopic (exact) mass is 1140 g/mol. The maximum Gasteiger partial charge on any atom is 0.339 e. The number of ether oxygens (including phenoxy) is 5. The third-order valence-corrected chi connectivity index (χ3v) is 12.9. The van der Waals surface area contributed by atoms with Gasteiger partial charge in [-0.2, -0.15) is 0 Å². The van der Waals surface area contributed by atoms with Crippen LogP contribution in [0.15, 0.2) is 109 Å². The van der Waals surface area contributed by atoms with Gasteiger partial charge in [-0.1, -0.05) is 87.4 Å². The zero-order chi connectivity index (χ0) is 59.6. The molecule has 440 valence electrons. The first-order chi connectivity index (χ1) is 39.3. The Kier molecular flexibility index (Phi) is 25.9. The summed E-state index contributed by atoms with van der Waals surface area (Å²) in [4.78, 5) is 87.9. The highest BCUT2D eigenvalue weighted by Crippen LogP contribution is 2.29. The van der Waals surface area contributed by atoms with Crippen LogP contribution in [0, 0.1) is 0 Å². The molecule has 0 aliphatic carbocycles. The second-order valence-corrected chi connectivity index (χ2v) is 19.5. The Labute approximate surface area is 474 Å². The predicted octanol–water partition coefficient (Wildman–Crippen LogP) is 7.07. The summed E-state index contributed by atoms with van der Waals surface area (Å²) in [7, 11) is 0. The molecule has 22 heteroatoms. The average Bonchev–Trinajstić information content (AvgIpc) is 3.63. The van der Waals surface area contributed by atoms with Gasteiger partial charge in [0.1, 0.15) is 66.3 Å². The van der Waals surface area contributed by atoms with Gasteiger partial charge in [-0.3, -0.25) is 38.7 Å². The quantitative estimate of drug-likeness (QED) is 0.0206. The Hall–Kier alpha value is -8.73. The van der Waals surface area contributed by atoms with Crippen LogP contribution >= 0.6 is 0 Å². The van der Waals surface area contributed by atoms with Crippen LogP contribution in [0.3, 0.4) is 0 Å². The Morgan fingerprint density at radius 1 is 0.439 bits per heavy atom. The molecule has 0 heterocycles. The summed E-state index contributed by atoms with van der Waals surface area (Å²) < 4.78 is 30.5. The lowest BCUT2D eigenvalue weighted by Crippen LogP contribution is -2.51. The zero-order valence-corrected chi connectivity index (χ0v) is 45.9. The summed E-state index contributed by atoms with van der Waals surface area (Å²) in [5, 5.41) is 68.7. The second kappa shape index (κ2) is 33.1. The molecule has 22 nitrogen and oxygen atoms in total. The first kappa shape index (κ1) is 64.1. The molecule has 5 aromatic carbocycles. The molecule has 7 N–H and O–H groups in total. The van der Waals surface area contributed by atoms with Crippen molar-refractivity contribution in [2.75, 3.05) is 65.6 Å². The maximum atomic E-state index is 12.6. The summed E-state index contributed by atoms with van der Waals surface area (Å²) in [5.74, 6) is -8.66. The lowest BCUT2D eigenvalue weighted by atomic mass is 10.0. The topological polar surface area (TPSA) is 317 Å². The van der Waals surface area contributed by atoms with Crippen molar-refractivity contribution < 1.29 is 93.0 Å². The van der Waals surface area contributed by atoms with Crippen molar-refractivity contribution in [3.8, 4) is 28.7 Å². The number of aliphatic carboxylic acids is 5. The van der Waals surface area contributed by atoms with Gasteiger partial charge >= 0.3 is 41.8 Å². The Morgan fingerprint density at radius 3 is 1.22 bits per heavy atom. The van der Waals surface area contributed by atoms with Gasteiger partial charge in [-0.05, 0) is 108 Å². The molecule has 0 aliphatic heterocycles. The molecule has 0 saturated heterocycles. The van der Waals surface area contributed by atoms with Gasteiger partial charge in [0, 0.05) is 25.7 Å². The Morgan fingerprint density at radius 2 is 0.817 bits per heavy atom. The van der Waals surface area contributed by atoms with E-state index in [1.54, 1.807) is 24.3 Å². The van der Waals surface area contributed by atoms with Crippen LogP contribution in [0.1, 0.15) is 88.1 Å². The SMILES string of the molecule is CCCCc1ccc(COc2ccc(OCC(COc3ccc(OCc4ccc(CCCC)cc4)cc3C(=O)O)Oc3ccc(CC(CN(CCN(CC(=O)O)CC(=O)O)CC(=O)O)N(CC(=O)O)CC(=O)O)cc3)c(C(=O)O)c2)cc1. The number of aromatic carboxylic acids is 2. The van der Waals surface area contributed by atoms with Crippen molar-refractivity contribution >= 4 is 41.8 Å². The van der Waals surface area contributed by atoms with E-state index >= 15 is 0 Å². The summed E-state index contributed by atoms with van der Waals surface area (Å²) in [6, 6.07) is 29.9. The molecule has 0 spiro atoms. The second-order valence-electron chi connectivity index (χ2n) is 19.5. The van der Waals surface area contributed by atoms with Gasteiger partial charge in [0.05, 0.1) is 32.7 Å². The molecule has 0 bridgehead atoms. The van der Waals surface area contributed by atoms with Crippen molar-refractivity contribution in [1.29, 1.82) is 0 Å². The Bertz CT molecular complexity index is 2750. The van der Waals surface area contributed by atoms with Crippen LogP contribution in [-0.4, -0.2) is 170 Å². The molecule has 0 saturated carbocycles. The molecular weight excluding hydrogens is 1070 g/mol. The van der Waals surface area contributed by atoms with E-state index in [0.717, 1.165) is 59.5 Å². The fourth-order valence-corrected chi connectivity index (χ4v) is 8.71. The summed E-state index contributed by atoms with van der Waals surface area (Å²) in [6.07, 6.45) is 5.09. The number of nitrogens with zero attached hydrogens (tertiary/aromatic N) is 3. The smallest absolute Gasteiger partial charge is 0.339 e. The highest BCUT2D eigenvalue weighted by atomic mass is 16.6. The van der Waals surface area contributed by atoms with Gasteiger partial charge in [0.15, 0.2) is 6.10 Å². The van der Waals surface area contributed by atoms with E-state index in [-0.39, 0.29) is 92.4 Å². The molecule has 5 aromatic rings. The van der Waals surface area contributed by atoms with Gasteiger partial charge in [0.25, 0.3) is 0 Å². The van der Waals surface area contributed by atoms with E-state index in [2.05, 4.69) is 13.8 Å².